The Morgan fingerprint density at radius 2 is 2.08 bits per heavy atom. The van der Waals surface area contributed by atoms with E-state index in [9.17, 15) is 4.79 Å². The molecule has 0 aliphatic rings. The molecule has 0 unspecified atom stereocenters. The van der Waals surface area contributed by atoms with Crippen molar-refractivity contribution in [2.75, 3.05) is 24.8 Å². The topological polar surface area (TPSA) is 69.0 Å². The summed E-state index contributed by atoms with van der Waals surface area (Å²) in [4.78, 5) is 13.3. The Morgan fingerprint density at radius 3 is 2.77 bits per heavy atom. The van der Waals surface area contributed by atoms with Crippen molar-refractivity contribution in [2.45, 2.75) is 18.6 Å². The molecule has 6 nitrogen and oxygen atoms in total. The van der Waals surface area contributed by atoms with Crippen LogP contribution in [0, 0.1) is 6.92 Å². The van der Waals surface area contributed by atoms with Gasteiger partial charge in [0.2, 0.25) is 5.91 Å². The van der Waals surface area contributed by atoms with E-state index in [-0.39, 0.29) is 11.7 Å². The van der Waals surface area contributed by atoms with Gasteiger partial charge in [0.05, 0.1) is 23.8 Å². The third-order valence-corrected chi connectivity index (χ3v) is 5.48. The average molecular weight is 389 g/mol. The maximum Gasteiger partial charge on any atom is 0.234 e. The highest BCUT2D eigenvalue weighted by atomic mass is 32.2. The van der Waals surface area contributed by atoms with Crippen LogP contribution in [0.3, 0.4) is 0 Å². The number of methoxy groups -OCH3 is 1. The number of rotatable bonds is 8. The normalized spacial score (nSPS) is 10.8. The van der Waals surface area contributed by atoms with Crippen LogP contribution in [0.25, 0.3) is 10.7 Å². The number of ether oxygens (including phenoxy) is 1. The van der Waals surface area contributed by atoms with E-state index >= 15 is 0 Å². The van der Waals surface area contributed by atoms with Gasteiger partial charge >= 0.3 is 0 Å². The zero-order chi connectivity index (χ0) is 18.4. The first-order chi connectivity index (χ1) is 12.7. The monoisotopic (exact) mass is 388 g/mol. The van der Waals surface area contributed by atoms with Crippen molar-refractivity contribution < 1.29 is 9.53 Å². The molecule has 1 amide bonds. The number of aromatic nitrogens is 3. The molecule has 2 aromatic heterocycles. The number of carbonyl (C=O) groups excluding carboxylic acids is 1. The first-order valence-corrected chi connectivity index (χ1v) is 9.99. The quantitative estimate of drug-likeness (QED) is 0.596. The third kappa shape index (κ3) is 4.72. The zero-order valence-corrected chi connectivity index (χ0v) is 16.3. The molecule has 3 rings (SSSR count). The van der Waals surface area contributed by atoms with Gasteiger partial charge in [0.1, 0.15) is 0 Å². The fourth-order valence-corrected chi connectivity index (χ4v) is 3.81. The van der Waals surface area contributed by atoms with Crippen LogP contribution in [0.4, 0.5) is 5.69 Å². The van der Waals surface area contributed by atoms with Gasteiger partial charge in [0.15, 0.2) is 11.0 Å². The predicted octanol–water partition coefficient (Wildman–Crippen LogP) is 3.69. The maximum absolute atomic E-state index is 12.2. The molecule has 1 aromatic carbocycles. The number of hydrogen-bond acceptors (Lipinski definition) is 6. The van der Waals surface area contributed by atoms with Crippen LogP contribution in [0.1, 0.15) is 5.56 Å². The zero-order valence-electron chi connectivity index (χ0n) is 14.6. The van der Waals surface area contributed by atoms with Crippen molar-refractivity contribution in [2.24, 2.45) is 0 Å². The van der Waals surface area contributed by atoms with Gasteiger partial charge in [-0.15, -0.1) is 21.5 Å². The maximum atomic E-state index is 12.2. The third-order valence-electron chi connectivity index (χ3n) is 3.65. The average Bonchev–Trinajstić information content (AvgIpc) is 3.29. The molecule has 0 saturated carbocycles. The van der Waals surface area contributed by atoms with Crippen LogP contribution >= 0.6 is 23.1 Å². The standard InChI is InChI=1S/C18H20N4O2S2/c1-13-5-7-14(8-6-13)19-16(23)12-26-18-21-20-17(15-4-3-11-25-15)22(18)9-10-24-2/h3-8,11H,9-10,12H2,1-2H3,(H,19,23). The van der Waals surface area contributed by atoms with Gasteiger partial charge in [0.25, 0.3) is 0 Å². The van der Waals surface area contributed by atoms with Crippen LogP contribution in [0.5, 0.6) is 0 Å². The van der Waals surface area contributed by atoms with E-state index in [1.165, 1.54) is 11.8 Å². The number of nitrogens with one attached hydrogen (secondary N) is 1. The lowest BCUT2D eigenvalue weighted by molar-refractivity contribution is -0.113. The number of thiophene rings is 1. The Bertz CT molecular complexity index is 845. The molecule has 0 saturated heterocycles. The molecule has 0 bridgehead atoms. The SMILES string of the molecule is COCCn1c(SCC(=O)Nc2ccc(C)cc2)nnc1-c1cccs1. The molecule has 2 heterocycles. The van der Waals surface area contributed by atoms with Crippen molar-refractivity contribution in [1.29, 1.82) is 0 Å². The lowest BCUT2D eigenvalue weighted by Crippen LogP contribution is -2.15. The Balaban J connectivity index is 1.67. The highest BCUT2D eigenvalue weighted by Gasteiger charge is 2.16. The van der Waals surface area contributed by atoms with Crippen LogP contribution < -0.4 is 5.32 Å². The number of hydrogen-bond donors (Lipinski definition) is 1. The van der Waals surface area contributed by atoms with Gasteiger partial charge in [-0.1, -0.05) is 35.5 Å². The molecule has 3 aromatic rings. The van der Waals surface area contributed by atoms with E-state index in [0.29, 0.717) is 18.3 Å². The van der Waals surface area contributed by atoms with Gasteiger partial charge in [-0.05, 0) is 30.5 Å². The summed E-state index contributed by atoms with van der Waals surface area (Å²) in [6.07, 6.45) is 0. The van der Waals surface area contributed by atoms with Crippen LogP contribution in [0.15, 0.2) is 46.9 Å². The van der Waals surface area contributed by atoms with Gasteiger partial charge in [-0.25, -0.2) is 0 Å². The highest BCUT2D eigenvalue weighted by Crippen LogP contribution is 2.27. The second-order valence-corrected chi connectivity index (χ2v) is 7.52. The number of benzene rings is 1. The molecule has 0 fully saturated rings. The van der Waals surface area contributed by atoms with Crippen molar-refractivity contribution >= 4 is 34.7 Å². The van der Waals surface area contributed by atoms with Gasteiger partial charge in [-0.2, -0.15) is 0 Å². The van der Waals surface area contributed by atoms with E-state index < -0.39 is 0 Å². The molecular weight excluding hydrogens is 368 g/mol. The van der Waals surface area contributed by atoms with Crippen LogP contribution in [-0.2, 0) is 16.1 Å². The molecular formula is C18H20N4O2S2. The first kappa shape index (κ1) is 18.6. The minimum Gasteiger partial charge on any atom is -0.383 e. The summed E-state index contributed by atoms with van der Waals surface area (Å²) in [5, 5.41) is 14.2. The molecule has 26 heavy (non-hydrogen) atoms. The second-order valence-electron chi connectivity index (χ2n) is 5.63. The van der Waals surface area contributed by atoms with E-state index in [2.05, 4.69) is 15.5 Å². The van der Waals surface area contributed by atoms with Crippen molar-refractivity contribution in [3.05, 3.63) is 47.3 Å². The van der Waals surface area contributed by atoms with Crippen molar-refractivity contribution in [3.63, 3.8) is 0 Å². The summed E-state index contributed by atoms with van der Waals surface area (Å²) < 4.78 is 7.19. The lowest BCUT2D eigenvalue weighted by atomic mass is 10.2. The summed E-state index contributed by atoms with van der Waals surface area (Å²) >= 11 is 2.98. The molecule has 136 valence electrons. The fourth-order valence-electron chi connectivity index (χ4n) is 2.33. The number of nitrogens with zero attached hydrogens (tertiary/aromatic N) is 3. The molecule has 0 spiro atoms. The lowest BCUT2D eigenvalue weighted by Gasteiger charge is -2.09. The highest BCUT2D eigenvalue weighted by molar-refractivity contribution is 7.99. The Kier molecular flexibility index (Phi) is 6.43. The second kappa shape index (κ2) is 8.98. The Hall–Kier alpha value is -2.16. The number of anilines is 1. The number of thioether (sulfide) groups is 1. The van der Waals surface area contributed by atoms with Gasteiger partial charge in [0, 0.05) is 12.8 Å². The summed E-state index contributed by atoms with van der Waals surface area (Å²) in [5.41, 5.74) is 1.95. The van der Waals surface area contributed by atoms with E-state index in [1.807, 2.05) is 53.3 Å². The smallest absolute Gasteiger partial charge is 0.234 e. The summed E-state index contributed by atoms with van der Waals surface area (Å²) in [7, 11) is 1.66. The fraction of sp³-hybridized carbons (Fsp3) is 0.278. The summed E-state index contributed by atoms with van der Waals surface area (Å²) in [6.45, 7) is 3.21. The van der Waals surface area contributed by atoms with E-state index in [1.54, 1.807) is 18.4 Å². The van der Waals surface area contributed by atoms with Crippen LogP contribution in [0.2, 0.25) is 0 Å². The minimum absolute atomic E-state index is 0.0715. The number of carbonyl (C=O) groups is 1. The molecule has 0 aliphatic heterocycles. The molecule has 0 atom stereocenters. The largest absolute Gasteiger partial charge is 0.383 e. The summed E-state index contributed by atoms with van der Waals surface area (Å²) in [5.74, 6) is 1.000. The van der Waals surface area contributed by atoms with Crippen molar-refractivity contribution in [1.82, 2.24) is 14.8 Å². The summed E-state index contributed by atoms with van der Waals surface area (Å²) in [6, 6.07) is 11.7. The Morgan fingerprint density at radius 1 is 1.27 bits per heavy atom. The van der Waals surface area contributed by atoms with Gasteiger partial charge < -0.3 is 10.1 Å². The molecule has 0 radical (unpaired) electrons. The molecule has 1 N–H and O–H groups in total. The van der Waals surface area contributed by atoms with Crippen LogP contribution in [-0.4, -0.2) is 40.1 Å². The first-order valence-electron chi connectivity index (χ1n) is 8.12. The number of aryl methyl sites for hydroxylation is 1. The molecule has 8 heteroatoms. The van der Waals surface area contributed by atoms with E-state index in [0.717, 1.165) is 22.0 Å². The van der Waals surface area contributed by atoms with Crippen molar-refractivity contribution in [3.8, 4) is 10.7 Å². The number of amides is 1. The van der Waals surface area contributed by atoms with Gasteiger partial charge in [-0.3, -0.25) is 9.36 Å². The minimum atomic E-state index is -0.0715. The Labute approximate surface area is 160 Å². The van der Waals surface area contributed by atoms with E-state index in [4.69, 9.17) is 4.74 Å². The predicted molar refractivity (Wildman–Crippen MR) is 106 cm³/mol. The molecule has 0 aliphatic carbocycles.